The number of rotatable bonds is 1. The summed E-state index contributed by atoms with van der Waals surface area (Å²) < 4.78 is 0.616. The van der Waals surface area contributed by atoms with E-state index in [0.29, 0.717) is 10.4 Å². The Balaban J connectivity index is 1.74. The zero-order valence-corrected chi connectivity index (χ0v) is 9.23. The third kappa shape index (κ3) is 0.0404. The van der Waals surface area contributed by atoms with Crippen molar-refractivity contribution in [3.05, 3.63) is 0 Å². The maximum absolute atomic E-state index is 7.65. The Kier molecular flexibility index (Phi) is 0.112. The summed E-state index contributed by atoms with van der Waals surface area (Å²) >= 11 is 0. The fourth-order valence-corrected chi connectivity index (χ4v) is 89.8. The van der Waals surface area contributed by atoms with E-state index in [1.165, 1.54) is 43.3 Å². The van der Waals surface area contributed by atoms with Gasteiger partial charge in [-0.15, -0.1) is 0 Å². The molecule has 0 amide bonds. The molecule has 10 aliphatic heterocycles. The molecule has 0 aromatic carbocycles. The molecular weight excluding hydrogens is 230 g/mol. The summed E-state index contributed by atoms with van der Waals surface area (Å²) in [5.41, 5.74) is 5.69. The zero-order valence-electron chi connectivity index (χ0n) is 8.13. The van der Waals surface area contributed by atoms with E-state index in [9.17, 15) is 0 Å². The zero-order chi connectivity index (χ0) is 9.30. The SMILES string of the molecule is N=C(N)N[C]12[CH]3[CH]4[CH]5[CH]1[Fe]45321678[CH]2[CH]1[CH]6[CH]7[CH]28. The summed E-state index contributed by atoms with van der Waals surface area (Å²) in [5.74, 6) is 0.308. The van der Waals surface area contributed by atoms with Crippen LogP contribution in [-0.4, -0.2) is 10.4 Å². The van der Waals surface area contributed by atoms with Crippen LogP contribution < -0.4 is 11.1 Å². The van der Waals surface area contributed by atoms with Crippen LogP contribution >= 0.6 is 0 Å². The van der Waals surface area contributed by atoms with Crippen molar-refractivity contribution < 1.29 is 6.51 Å². The normalized spacial score (nSPS) is 133. The first kappa shape index (κ1) is 4.97. The van der Waals surface area contributed by atoms with Gasteiger partial charge in [-0.25, -0.2) is 0 Å². The molecule has 10 fully saturated rings. The number of fused-ring (bicyclic) bond motifs is 10. The van der Waals surface area contributed by atoms with Gasteiger partial charge in [0.2, 0.25) is 0 Å². The Labute approximate surface area is 76.9 Å². The Hall–Kier alpha value is -0.211. The van der Waals surface area contributed by atoms with Gasteiger partial charge in [-0.2, -0.15) is 0 Å². The minimum atomic E-state index is -2.93. The van der Waals surface area contributed by atoms with Crippen LogP contribution in [0.4, 0.5) is 0 Å². The van der Waals surface area contributed by atoms with E-state index in [4.69, 9.17) is 11.1 Å². The number of guanidine groups is 1. The molecule has 10 saturated heterocycles. The summed E-state index contributed by atoms with van der Waals surface area (Å²) in [6, 6.07) is 0. The van der Waals surface area contributed by atoms with E-state index < -0.39 is 6.51 Å². The molecule has 0 saturated carbocycles. The first-order valence-electron chi connectivity index (χ1n) is 6.30. The number of hydrogen-bond acceptors (Lipinski definition) is 1. The molecule has 80 valence electrons. The van der Waals surface area contributed by atoms with Crippen molar-refractivity contribution in [1.29, 1.82) is 5.41 Å². The van der Waals surface area contributed by atoms with Gasteiger partial charge in [0.1, 0.15) is 0 Å². The van der Waals surface area contributed by atoms with Crippen LogP contribution in [-0.2, 0) is 6.51 Å². The maximum atomic E-state index is 7.65. The first-order valence-corrected chi connectivity index (χ1v) is 12.6. The monoisotopic (exact) mass is 243 g/mol. The molecule has 0 aliphatic carbocycles. The van der Waals surface area contributed by atoms with E-state index in [2.05, 4.69) is 5.32 Å². The van der Waals surface area contributed by atoms with Crippen LogP contribution in [0.2, 0.25) is 43.3 Å². The van der Waals surface area contributed by atoms with Gasteiger partial charge in [-0.3, -0.25) is 0 Å². The van der Waals surface area contributed by atoms with Crippen molar-refractivity contribution in [1.82, 2.24) is 5.32 Å². The predicted molar refractivity (Wildman–Crippen MR) is 51.5 cm³/mol. The molecule has 3 nitrogen and oxygen atoms in total. The predicted octanol–water partition coefficient (Wildman–Crippen LogP) is 1.77. The molecule has 0 aromatic heterocycles. The van der Waals surface area contributed by atoms with Gasteiger partial charge < -0.3 is 0 Å². The van der Waals surface area contributed by atoms with Crippen LogP contribution in [0.5, 0.6) is 0 Å². The van der Waals surface area contributed by atoms with Crippen LogP contribution in [0.15, 0.2) is 0 Å². The molecule has 10 rings (SSSR count). The fraction of sp³-hybridized carbons (Fsp3) is 0.909. The second-order valence-electron chi connectivity index (χ2n) is 10.2. The van der Waals surface area contributed by atoms with E-state index in [0.717, 1.165) is 0 Å². The van der Waals surface area contributed by atoms with Crippen molar-refractivity contribution >= 4 is 5.96 Å². The third-order valence-corrected chi connectivity index (χ3v) is 57.2. The Bertz CT molecular complexity index is 866. The Morgan fingerprint density at radius 2 is 1.47 bits per heavy atom. The molecular formula is C11H13FeN3. The average Bonchev–Trinajstić information content (AvgIpc) is 3.12. The summed E-state index contributed by atoms with van der Waals surface area (Å²) in [7, 11) is 0. The molecule has 0 bridgehead atoms. The topological polar surface area (TPSA) is 61.9 Å². The van der Waals surface area contributed by atoms with Gasteiger partial charge in [0.15, 0.2) is 0 Å². The molecule has 10 heterocycles. The average molecular weight is 243 g/mol. The van der Waals surface area contributed by atoms with Gasteiger partial charge >= 0.3 is 76.7 Å². The summed E-state index contributed by atoms with van der Waals surface area (Å²) in [5, 5.41) is 11.2. The van der Waals surface area contributed by atoms with E-state index >= 15 is 0 Å². The first-order chi connectivity index (χ1) is 6.96. The molecule has 15 heavy (non-hydrogen) atoms. The summed E-state index contributed by atoms with van der Waals surface area (Å²) in [4.78, 5) is 11.8. The van der Waals surface area contributed by atoms with Crippen LogP contribution in [0.25, 0.3) is 0 Å². The van der Waals surface area contributed by atoms with Gasteiger partial charge in [-0.05, 0) is 0 Å². The molecule has 4 atom stereocenters. The Morgan fingerprint density at radius 3 is 1.67 bits per heavy atom. The minimum absolute atomic E-state index is 0.308. The molecule has 4 heteroatoms. The van der Waals surface area contributed by atoms with Crippen LogP contribution in [0.3, 0.4) is 0 Å². The van der Waals surface area contributed by atoms with Gasteiger partial charge in [-0.1, -0.05) is 0 Å². The van der Waals surface area contributed by atoms with Crippen LogP contribution in [0.1, 0.15) is 0 Å². The van der Waals surface area contributed by atoms with Crippen LogP contribution in [0, 0.1) is 5.41 Å². The van der Waals surface area contributed by atoms with Gasteiger partial charge in [0.05, 0.1) is 0 Å². The third-order valence-electron chi connectivity index (χ3n) is 15.0. The van der Waals surface area contributed by atoms with E-state index in [-0.39, 0.29) is 0 Å². The van der Waals surface area contributed by atoms with Crippen molar-refractivity contribution in [2.75, 3.05) is 0 Å². The van der Waals surface area contributed by atoms with E-state index in [1.807, 2.05) is 0 Å². The molecule has 1 spiro atoms. The molecule has 4 unspecified atom stereocenters. The van der Waals surface area contributed by atoms with Crippen molar-refractivity contribution in [2.24, 2.45) is 5.73 Å². The second kappa shape index (κ2) is 0.337. The van der Waals surface area contributed by atoms with Crippen molar-refractivity contribution in [3.63, 3.8) is 0 Å². The standard InChI is InChI=1S/C6H8N3.C5H5.Fe/c7-6(8)9-5-3-1-2-4-5;1-2-4-5-3-1;/h1-4H,(H4,7,8,9);1-5H;. The number of nitrogens with two attached hydrogens (primary N) is 1. The van der Waals surface area contributed by atoms with Crippen molar-refractivity contribution in [2.45, 2.75) is 47.8 Å². The Morgan fingerprint density at radius 1 is 1.00 bits per heavy atom. The van der Waals surface area contributed by atoms with Crippen molar-refractivity contribution in [3.8, 4) is 0 Å². The number of hydrogen-bond donors (Lipinski definition) is 3. The van der Waals surface area contributed by atoms with E-state index in [1.54, 1.807) is 0 Å². The molecule has 4 N–H and O–H groups in total. The summed E-state index contributed by atoms with van der Waals surface area (Å²) in [6.45, 7) is -2.93. The molecule has 0 radical (unpaired) electrons. The quantitative estimate of drug-likeness (QED) is 0.373. The van der Waals surface area contributed by atoms with Gasteiger partial charge in [0.25, 0.3) is 0 Å². The summed E-state index contributed by atoms with van der Waals surface area (Å²) in [6.07, 6.45) is 0. The van der Waals surface area contributed by atoms with Gasteiger partial charge in [0, 0.05) is 0 Å². The molecule has 10 aliphatic rings. The number of nitrogens with one attached hydrogen (secondary N) is 2. The second-order valence-corrected chi connectivity index (χ2v) is 33.8. The fourth-order valence-electron chi connectivity index (χ4n) is 16.7. The molecule has 0 aromatic rings.